The molecule has 3 aromatic rings. The number of hydrogen-bond acceptors (Lipinski definition) is 4. The van der Waals surface area contributed by atoms with Crippen molar-refractivity contribution >= 4 is 40.1 Å². The van der Waals surface area contributed by atoms with E-state index in [1.54, 1.807) is 23.0 Å². The van der Waals surface area contributed by atoms with Crippen molar-refractivity contribution in [2.24, 2.45) is 0 Å². The van der Waals surface area contributed by atoms with Crippen LogP contribution in [0.15, 0.2) is 47.0 Å². The molecule has 0 aliphatic heterocycles. The van der Waals surface area contributed by atoms with Crippen LogP contribution in [-0.4, -0.2) is 22.2 Å². The number of aryl methyl sites for hydroxylation is 2. The van der Waals surface area contributed by atoms with Gasteiger partial charge >= 0.3 is 0 Å². The molecule has 27 heavy (non-hydrogen) atoms. The van der Waals surface area contributed by atoms with Crippen LogP contribution in [0.4, 0.5) is 0 Å². The number of carbonyl (C=O) groups excluding carboxylic acids is 1. The molecular weight excluding hydrogens is 481 g/mol. The zero-order valence-corrected chi connectivity index (χ0v) is 17.7. The maximum Gasteiger partial charge on any atom is 0.286 e. The Morgan fingerprint density at radius 3 is 2.78 bits per heavy atom. The predicted octanol–water partition coefficient (Wildman–Crippen LogP) is 4.44. The zero-order valence-electron chi connectivity index (χ0n) is 14.7. The quantitative estimate of drug-likeness (QED) is 0.367. The van der Waals surface area contributed by atoms with Crippen molar-refractivity contribution in [1.29, 1.82) is 0 Å². The Morgan fingerprint density at radius 1 is 1.30 bits per heavy atom. The minimum Gasteiger partial charge on any atom is -0.486 e. The van der Waals surface area contributed by atoms with Gasteiger partial charge in [0.2, 0.25) is 0 Å². The second-order valence-corrected chi connectivity index (χ2v) is 7.60. The molecule has 0 saturated carbocycles. The number of nitrogens with one attached hydrogen (secondary N) is 1. The highest BCUT2D eigenvalue weighted by Crippen LogP contribution is 2.16. The third-order valence-electron chi connectivity index (χ3n) is 3.82. The van der Waals surface area contributed by atoms with Crippen LogP contribution >= 0.6 is 34.2 Å². The Bertz CT molecular complexity index is 886. The largest absolute Gasteiger partial charge is 0.486 e. The van der Waals surface area contributed by atoms with Crippen molar-refractivity contribution < 1.29 is 13.9 Å². The summed E-state index contributed by atoms with van der Waals surface area (Å²) in [5.41, 5.74) is 0.802. The summed E-state index contributed by atoms with van der Waals surface area (Å²) in [6, 6.07) is 11.1. The average Bonchev–Trinajstić information content (AvgIpc) is 3.25. The van der Waals surface area contributed by atoms with E-state index in [0.717, 1.165) is 21.4 Å². The van der Waals surface area contributed by atoms with Crippen LogP contribution in [0, 0.1) is 10.5 Å². The number of nitrogens with zero attached hydrogens (tertiary/aromatic N) is 2. The summed E-state index contributed by atoms with van der Waals surface area (Å²) in [6.45, 7) is 3.33. The van der Waals surface area contributed by atoms with E-state index in [0.29, 0.717) is 23.9 Å². The smallest absolute Gasteiger partial charge is 0.286 e. The van der Waals surface area contributed by atoms with Crippen LogP contribution in [0.2, 0.25) is 5.02 Å². The Labute approximate surface area is 176 Å². The van der Waals surface area contributed by atoms with Gasteiger partial charge in [0.25, 0.3) is 5.91 Å². The van der Waals surface area contributed by atoms with Gasteiger partial charge in [-0.05, 0) is 72.3 Å². The second-order valence-electron chi connectivity index (χ2n) is 5.94. The van der Waals surface area contributed by atoms with Crippen LogP contribution in [0.3, 0.4) is 0 Å². The van der Waals surface area contributed by atoms with Crippen molar-refractivity contribution in [1.82, 2.24) is 15.1 Å². The van der Waals surface area contributed by atoms with Crippen LogP contribution in [-0.2, 0) is 13.2 Å². The number of ether oxygens (including phenoxy) is 1. The molecule has 2 heterocycles. The molecule has 1 aromatic carbocycles. The van der Waals surface area contributed by atoms with E-state index in [9.17, 15) is 4.79 Å². The number of aromatic nitrogens is 2. The Kier molecular flexibility index (Phi) is 6.78. The highest BCUT2D eigenvalue weighted by atomic mass is 127. The molecule has 3 rings (SSSR count). The molecule has 0 fully saturated rings. The first-order chi connectivity index (χ1) is 13.0. The van der Waals surface area contributed by atoms with Gasteiger partial charge in [0.1, 0.15) is 18.1 Å². The van der Waals surface area contributed by atoms with Gasteiger partial charge in [-0.2, -0.15) is 5.10 Å². The van der Waals surface area contributed by atoms with Gasteiger partial charge in [-0.3, -0.25) is 9.48 Å². The fourth-order valence-corrected chi connectivity index (χ4v) is 2.91. The third-order valence-corrected chi connectivity index (χ3v) is 4.91. The maximum atomic E-state index is 12.1. The van der Waals surface area contributed by atoms with Crippen LogP contribution in [0.1, 0.15) is 28.4 Å². The molecule has 0 bridgehead atoms. The van der Waals surface area contributed by atoms with E-state index in [-0.39, 0.29) is 18.3 Å². The highest BCUT2D eigenvalue weighted by Gasteiger charge is 2.11. The number of halogens is 2. The molecule has 1 amide bonds. The van der Waals surface area contributed by atoms with Gasteiger partial charge < -0.3 is 14.5 Å². The molecule has 0 saturated heterocycles. The fourth-order valence-electron chi connectivity index (χ4n) is 2.40. The maximum absolute atomic E-state index is 12.1. The summed E-state index contributed by atoms with van der Waals surface area (Å²) >= 11 is 8.21. The lowest BCUT2D eigenvalue weighted by Crippen LogP contribution is -2.24. The Morgan fingerprint density at radius 2 is 2.07 bits per heavy atom. The molecule has 6 nitrogen and oxygen atoms in total. The third kappa shape index (κ3) is 5.74. The topological polar surface area (TPSA) is 69.3 Å². The lowest BCUT2D eigenvalue weighted by atomic mass is 10.3. The molecular formula is C19H19ClIN3O3. The summed E-state index contributed by atoms with van der Waals surface area (Å²) in [4.78, 5) is 12.1. The molecule has 8 heteroatoms. The summed E-state index contributed by atoms with van der Waals surface area (Å²) in [6.07, 6.45) is 2.53. The molecule has 142 valence electrons. The molecule has 0 spiro atoms. The van der Waals surface area contributed by atoms with E-state index in [4.69, 9.17) is 20.8 Å². The van der Waals surface area contributed by atoms with E-state index in [1.165, 1.54) is 0 Å². The van der Waals surface area contributed by atoms with Crippen molar-refractivity contribution in [2.75, 3.05) is 6.54 Å². The number of furan rings is 1. The average molecular weight is 500 g/mol. The fraction of sp³-hybridized carbons (Fsp3) is 0.263. The van der Waals surface area contributed by atoms with E-state index >= 15 is 0 Å². The number of carbonyl (C=O) groups is 1. The number of amides is 1. The molecule has 1 N–H and O–H groups in total. The van der Waals surface area contributed by atoms with Crippen molar-refractivity contribution in [3.8, 4) is 5.75 Å². The first-order valence-corrected chi connectivity index (χ1v) is 9.92. The number of rotatable bonds is 8. The molecule has 0 atom stereocenters. The second kappa shape index (κ2) is 9.27. The summed E-state index contributed by atoms with van der Waals surface area (Å²) in [5, 5.41) is 7.76. The van der Waals surface area contributed by atoms with Crippen molar-refractivity contribution in [2.45, 2.75) is 26.5 Å². The monoisotopic (exact) mass is 499 g/mol. The SMILES string of the molecule is Cc1nn(CCCNC(=O)c2ccc(COc3ccc(I)cc3)o2)cc1Cl. The Hall–Kier alpha value is -2.00. The minimum atomic E-state index is -0.245. The van der Waals surface area contributed by atoms with Gasteiger partial charge in [0, 0.05) is 22.9 Å². The molecule has 2 aromatic heterocycles. The summed E-state index contributed by atoms with van der Waals surface area (Å²) in [5.74, 6) is 1.38. The molecule has 0 unspecified atom stereocenters. The zero-order chi connectivity index (χ0) is 19.2. The molecule has 0 aliphatic carbocycles. The number of hydrogen-bond donors (Lipinski definition) is 1. The van der Waals surface area contributed by atoms with E-state index < -0.39 is 0 Å². The molecule has 0 aliphatic rings. The lowest BCUT2D eigenvalue weighted by molar-refractivity contribution is 0.0921. The number of benzene rings is 1. The van der Waals surface area contributed by atoms with Gasteiger partial charge in [-0.25, -0.2) is 0 Å². The predicted molar refractivity (Wildman–Crippen MR) is 111 cm³/mol. The minimum absolute atomic E-state index is 0.245. The van der Waals surface area contributed by atoms with Crippen molar-refractivity contribution in [3.63, 3.8) is 0 Å². The van der Waals surface area contributed by atoms with Gasteiger partial charge in [0.15, 0.2) is 5.76 Å². The van der Waals surface area contributed by atoms with Crippen LogP contribution in [0.25, 0.3) is 0 Å². The first kappa shape index (κ1) is 19.8. The van der Waals surface area contributed by atoms with Gasteiger partial charge in [-0.15, -0.1) is 0 Å². The van der Waals surface area contributed by atoms with Crippen LogP contribution < -0.4 is 10.1 Å². The summed E-state index contributed by atoms with van der Waals surface area (Å²) in [7, 11) is 0. The van der Waals surface area contributed by atoms with Gasteiger partial charge in [-0.1, -0.05) is 11.6 Å². The van der Waals surface area contributed by atoms with E-state index in [1.807, 2.05) is 31.2 Å². The lowest BCUT2D eigenvalue weighted by Gasteiger charge is -2.05. The first-order valence-electron chi connectivity index (χ1n) is 8.46. The normalized spacial score (nSPS) is 10.8. The van der Waals surface area contributed by atoms with Crippen molar-refractivity contribution in [3.05, 3.63) is 68.4 Å². The summed E-state index contributed by atoms with van der Waals surface area (Å²) < 4.78 is 14.1. The van der Waals surface area contributed by atoms with E-state index in [2.05, 4.69) is 33.0 Å². The van der Waals surface area contributed by atoms with Crippen LogP contribution in [0.5, 0.6) is 5.75 Å². The highest BCUT2D eigenvalue weighted by molar-refractivity contribution is 14.1. The van der Waals surface area contributed by atoms with Gasteiger partial charge in [0.05, 0.1) is 10.7 Å². The standard InChI is InChI=1S/C19H19ClIN3O3/c1-13-17(20)11-24(23-13)10-2-9-22-19(25)18-8-7-16(27-18)12-26-15-5-3-14(21)4-6-15/h3-8,11H,2,9-10,12H2,1H3,(H,22,25). The molecule has 0 radical (unpaired) electrons. The Balaban J connectivity index is 1.41.